The minimum absolute atomic E-state index is 0.0983. The molecule has 0 aliphatic rings. The molecule has 1 atom stereocenters. The van der Waals surface area contributed by atoms with Crippen LogP contribution in [0, 0.1) is 26.6 Å². The van der Waals surface area contributed by atoms with Gasteiger partial charge in [0.1, 0.15) is 5.82 Å². The van der Waals surface area contributed by atoms with Gasteiger partial charge < -0.3 is 5.32 Å². The molecule has 0 radical (unpaired) electrons. The van der Waals surface area contributed by atoms with Gasteiger partial charge in [-0.3, -0.25) is 0 Å². The van der Waals surface area contributed by atoms with Gasteiger partial charge in [-0.1, -0.05) is 48.4 Å². The van der Waals surface area contributed by atoms with Crippen LogP contribution in [0.25, 0.3) is 0 Å². The molecule has 0 saturated heterocycles. The Balaban J connectivity index is 2.62. The van der Waals surface area contributed by atoms with Crippen molar-refractivity contribution in [3.05, 3.63) is 69.0 Å². The zero-order valence-electron chi connectivity index (χ0n) is 12.9. The van der Waals surface area contributed by atoms with E-state index in [9.17, 15) is 4.39 Å². The molecule has 1 nitrogen and oxygen atoms in total. The van der Waals surface area contributed by atoms with E-state index in [4.69, 9.17) is 11.6 Å². The van der Waals surface area contributed by atoms with E-state index >= 15 is 0 Å². The van der Waals surface area contributed by atoms with Crippen molar-refractivity contribution in [3.63, 3.8) is 0 Å². The van der Waals surface area contributed by atoms with E-state index < -0.39 is 0 Å². The van der Waals surface area contributed by atoms with Gasteiger partial charge >= 0.3 is 0 Å². The molecule has 1 unspecified atom stereocenters. The van der Waals surface area contributed by atoms with Gasteiger partial charge in [0, 0.05) is 0 Å². The summed E-state index contributed by atoms with van der Waals surface area (Å²) in [5.41, 5.74) is 5.58. The maximum atomic E-state index is 13.8. The molecule has 3 heteroatoms. The van der Waals surface area contributed by atoms with Crippen molar-refractivity contribution in [1.82, 2.24) is 5.32 Å². The Labute approximate surface area is 131 Å². The maximum absolute atomic E-state index is 13.8. The molecule has 0 aromatic heterocycles. The van der Waals surface area contributed by atoms with E-state index in [1.54, 1.807) is 6.07 Å². The fraction of sp³-hybridized carbons (Fsp3) is 0.333. The summed E-state index contributed by atoms with van der Waals surface area (Å²) in [6.45, 7) is 9.09. The zero-order valence-corrected chi connectivity index (χ0v) is 13.7. The largest absolute Gasteiger partial charge is 0.306 e. The van der Waals surface area contributed by atoms with Crippen molar-refractivity contribution in [1.29, 1.82) is 0 Å². The first kappa shape index (κ1) is 16.0. The number of rotatable bonds is 4. The standard InChI is InChI=1S/C18H21ClFN/c1-5-21-18(14-7-6-8-15(20)17(14)19)16-12(3)9-11(2)10-13(16)4/h6-10,18,21H,5H2,1-4H3. The minimum Gasteiger partial charge on any atom is -0.306 e. The smallest absolute Gasteiger partial charge is 0.142 e. The lowest BCUT2D eigenvalue weighted by atomic mass is 9.90. The van der Waals surface area contributed by atoms with Crippen molar-refractivity contribution >= 4 is 11.6 Å². The lowest BCUT2D eigenvalue weighted by Crippen LogP contribution is -2.24. The summed E-state index contributed by atoms with van der Waals surface area (Å²) in [5, 5.41) is 3.63. The Kier molecular flexibility index (Phi) is 5.02. The number of nitrogens with one attached hydrogen (secondary N) is 1. The van der Waals surface area contributed by atoms with Crippen LogP contribution < -0.4 is 5.32 Å². The van der Waals surface area contributed by atoms with Crippen LogP contribution in [-0.2, 0) is 0 Å². The predicted molar refractivity (Wildman–Crippen MR) is 87.6 cm³/mol. The first-order valence-corrected chi connectivity index (χ1v) is 7.58. The molecule has 1 N–H and O–H groups in total. The minimum atomic E-state index is -0.375. The lowest BCUT2D eigenvalue weighted by Gasteiger charge is -2.24. The van der Waals surface area contributed by atoms with Crippen molar-refractivity contribution < 1.29 is 4.39 Å². The second-order valence-corrected chi connectivity index (χ2v) is 5.82. The molecule has 0 bridgehead atoms. The molecule has 0 heterocycles. The molecule has 0 aliphatic carbocycles. The van der Waals surface area contributed by atoms with Crippen LogP contribution in [0.4, 0.5) is 4.39 Å². The van der Waals surface area contributed by atoms with E-state index in [1.165, 1.54) is 28.3 Å². The van der Waals surface area contributed by atoms with Crippen LogP contribution in [-0.4, -0.2) is 6.54 Å². The summed E-state index contributed by atoms with van der Waals surface area (Å²) < 4.78 is 13.8. The number of hydrogen-bond acceptors (Lipinski definition) is 1. The molecule has 0 amide bonds. The van der Waals surface area contributed by atoms with E-state index in [-0.39, 0.29) is 16.9 Å². The normalized spacial score (nSPS) is 12.5. The average Bonchev–Trinajstić information content (AvgIpc) is 2.40. The van der Waals surface area contributed by atoms with Gasteiger partial charge in [-0.05, 0) is 55.6 Å². The predicted octanol–water partition coefficient (Wildman–Crippen LogP) is 5.10. The Bertz CT molecular complexity index is 629. The molecule has 0 fully saturated rings. The molecule has 0 spiro atoms. The Morgan fingerprint density at radius 1 is 1.14 bits per heavy atom. The molecule has 2 aromatic carbocycles. The quantitative estimate of drug-likeness (QED) is 0.828. The monoisotopic (exact) mass is 305 g/mol. The Morgan fingerprint density at radius 3 is 2.33 bits per heavy atom. The zero-order chi connectivity index (χ0) is 15.6. The molecular formula is C18H21ClFN. The van der Waals surface area contributed by atoms with Crippen LogP contribution >= 0.6 is 11.6 Å². The van der Waals surface area contributed by atoms with Crippen molar-refractivity contribution in [3.8, 4) is 0 Å². The van der Waals surface area contributed by atoms with Crippen molar-refractivity contribution in [2.24, 2.45) is 0 Å². The Morgan fingerprint density at radius 2 is 1.76 bits per heavy atom. The van der Waals surface area contributed by atoms with Gasteiger partial charge in [0.25, 0.3) is 0 Å². The molecule has 112 valence electrons. The van der Waals surface area contributed by atoms with Crippen LogP contribution in [0.1, 0.15) is 40.8 Å². The van der Waals surface area contributed by atoms with Crippen LogP contribution in [0.2, 0.25) is 5.02 Å². The summed E-state index contributed by atoms with van der Waals surface area (Å²) in [5.74, 6) is -0.375. The van der Waals surface area contributed by atoms with E-state index in [0.717, 1.165) is 12.1 Å². The highest BCUT2D eigenvalue weighted by Gasteiger charge is 2.21. The molecule has 21 heavy (non-hydrogen) atoms. The number of hydrogen-bond donors (Lipinski definition) is 1. The molecule has 0 aliphatic heterocycles. The Hall–Kier alpha value is -1.38. The summed E-state index contributed by atoms with van der Waals surface area (Å²) in [4.78, 5) is 0. The topological polar surface area (TPSA) is 12.0 Å². The fourth-order valence-corrected chi connectivity index (χ4v) is 3.20. The first-order valence-electron chi connectivity index (χ1n) is 7.20. The van der Waals surface area contributed by atoms with Crippen LogP contribution in [0.15, 0.2) is 30.3 Å². The van der Waals surface area contributed by atoms with Crippen molar-refractivity contribution in [2.75, 3.05) is 6.54 Å². The summed E-state index contributed by atoms with van der Waals surface area (Å²) >= 11 is 6.19. The first-order chi connectivity index (χ1) is 9.95. The second kappa shape index (κ2) is 6.59. The number of benzene rings is 2. The second-order valence-electron chi connectivity index (χ2n) is 5.45. The molecule has 2 aromatic rings. The SMILES string of the molecule is CCNC(c1cccc(F)c1Cl)c1c(C)cc(C)cc1C. The highest BCUT2D eigenvalue weighted by Crippen LogP contribution is 2.33. The third-order valence-electron chi connectivity index (χ3n) is 3.73. The highest BCUT2D eigenvalue weighted by molar-refractivity contribution is 6.31. The van der Waals surface area contributed by atoms with E-state index in [0.29, 0.717) is 0 Å². The van der Waals surface area contributed by atoms with Gasteiger partial charge in [0.2, 0.25) is 0 Å². The van der Waals surface area contributed by atoms with Crippen LogP contribution in [0.3, 0.4) is 0 Å². The molecule has 0 saturated carbocycles. The molecular weight excluding hydrogens is 285 g/mol. The van der Waals surface area contributed by atoms with Gasteiger partial charge in [0.15, 0.2) is 0 Å². The van der Waals surface area contributed by atoms with E-state index in [1.807, 2.05) is 13.0 Å². The van der Waals surface area contributed by atoms with Gasteiger partial charge in [-0.15, -0.1) is 0 Å². The average molecular weight is 306 g/mol. The van der Waals surface area contributed by atoms with Crippen molar-refractivity contribution in [2.45, 2.75) is 33.7 Å². The fourth-order valence-electron chi connectivity index (χ4n) is 2.96. The van der Waals surface area contributed by atoms with Crippen LogP contribution in [0.5, 0.6) is 0 Å². The number of halogens is 2. The summed E-state index contributed by atoms with van der Waals surface area (Å²) in [7, 11) is 0. The van der Waals surface area contributed by atoms with Gasteiger partial charge in [0.05, 0.1) is 11.1 Å². The summed E-state index contributed by atoms with van der Waals surface area (Å²) in [6.07, 6.45) is 0. The van der Waals surface area contributed by atoms with E-state index in [2.05, 4.69) is 38.2 Å². The third-order valence-corrected chi connectivity index (χ3v) is 4.13. The molecule has 2 rings (SSSR count). The van der Waals surface area contributed by atoms with Gasteiger partial charge in [-0.2, -0.15) is 0 Å². The maximum Gasteiger partial charge on any atom is 0.142 e. The van der Waals surface area contributed by atoms with Gasteiger partial charge in [-0.25, -0.2) is 4.39 Å². The number of aryl methyl sites for hydroxylation is 3. The third kappa shape index (κ3) is 3.28. The lowest BCUT2D eigenvalue weighted by molar-refractivity contribution is 0.600. The highest BCUT2D eigenvalue weighted by atomic mass is 35.5. The summed E-state index contributed by atoms with van der Waals surface area (Å²) in [6, 6.07) is 9.19.